The van der Waals surface area contributed by atoms with E-state index in [4.69, 9.17) is 16.3 Å². The van der Waals surface area contributed by atoms with Gasteiger partial charge in [-0.1, -0.05) is 11.6 Å². The Balaban J connectivity index is 1.38. The van der Waals surface area contributed by atoms with E-state index in [-0.39, 0.29) is 11.8 Å². The van der Waals surface area contributed by atoms with Crippen LogP contribution < -0.4 is 15.1 Å². The van der Waals surface area contributed by atoms with Crippen molar-refractivity contribution >= 4 is 34.7 Å². The summed E-state index contributed by atoms with van der Waals surface area (Å²) in [5.74, 6) is 1.03. The minimum atomic E-state index is 0.00314. The van der Waals surface area contributed by atoms with E-state index in [9.17, 15) is 4.79 Å². The number of hydrogen-bond acceptors (Lipinski definition) is 6. The summed E-state index contributed by atoms with van der Waals surface area (Å²) >= 11 is 5.90. The number of rotatable bonds is 4. The molecule has 0 saturated carbocycles. The van der Waals surface area contributed by atoms with E-state index in [1.807, 2.05) is 18.3 Å². The van der Waals surface area contributed by atoms with Crippen LogP contribution in [0.1, 0.15) is 12.8 Å². The Kier molecular flexibility index (Phi) is 5.92. The molecule has 0 bridgehead atoms. The van der Waals surface area contributed by atoms with Crippen molar-refractivity contribution in [1.82, 2.24) is 9.97 Å². The number of carbonyl (C=O) groups excluding carboxylic acids is 1. The van der Waals surface area contributed by atoms with Crippen LogP contribution in [-0.2, 0) is 9.53 Å². The Bertz CT molecular complexity index is 802. The van der Waals surface area contributed by atoms with Crippen molar-refractivity contribution in [2.24, 2.45) is 5.92 Å². The summed E-state index contributed by atoms with van der Waals surface area (Å²) in [6, 6.07) is 7.21. The van der Waals surface area contributed by atoms with E-state index in [1.165, 1.54) is 0 Å². The van der Waals surface area contributed by atoms with Crippen LogP contribution in [0.15, 0.2) is 36.8 Å². The van der Waals surface area contributed by atoms with Gasteiger partial charge in [0, 0.05) is 42.8 Å². The Morgan fingerprint density at radius 3 is 2.50 bits per heavy atom. The predicted molar refractivity (Wildman–Crippen MR) is 110 cm³/mol. The molecule has 0 unspecified atom stereocenters. The molecule has 2 fully saturated rings. The number of carbonyl (C=O) groups is 1. The first-order valence-corrected chi connectivity index (χ1v) is 10.0. The number of morpholine rings is 1. The van der Waals surface area contributed by atoms with E-state index in [0.29, 0.717) is 5.02 Å². The number of ether oxygens (including phenoxy) is 1. The molecule has 148 valence electrons. The van der Waals surface area contributed by atoms with Gasteiger partial charge in [-0.25, -0.2) is 9.97 Å². The Morgan fingerprint density at radius 2 is 1.79 bits per heavy atom. The highest BCUT2D eigenvalue weighted by Gasteiger charge is 2.28. The second kappa shape index (κ2) is 8.75. The van der Waals surface area contributed by atoms with Crippen molar-refractivity contribution in [3.05, 3.63) is 41.8 Å². The fourth-order valence-electron chi connectivity index (χ4n) is 3.72. The van der Waals surface area contributed by atoms with Crippen molar-refractivity contribution in [1.29, 1.82) is 0 Å². The summed E-state index contributed by atoms with van der Waals surface area (Å²) in [4.78, 5) is 25.9. The molecule has 0 spiro atoms. The van der Waals surface area contributed by atoms with Crippen molar-refractivity contribution in [2.45, 2.75) is 12.8 Å². The largest absolute Gasteiger partial charge is 0.378 e. The maximum atomic E-state index is 12.6. The number of amides is 1. The minimum absolute atomic E-state index is 0.00314. The van der Waals surface area contributed by atoms with Crippen molar-refractivity contribution in [3.63, 3.8) is 0 Å². The lowest BCUT2D eigenvalue weighted by Gasteiger charge is -2.36. The van der Waals surface area contributed by atoms with Crippen LogP contribution in [0.4, 0.5) is 17.2 Å². The van der Waals surface area contributed by atoms with Gasteiger partial charge in [0.15, 0.2) is 5.82 Å². The van der Waals surface area contributed by atoms with Gasteiger partial charge in [0.2, 0.25) is 5.91 Å². The molecule has 4 rings (SSSR count). The summed E-state index contributed by atoms with van der Waals surface area (Å²) < 4.78 is 5.45. The standard InChI is InChI=1S/C20H24ClN5O2/c21-16-1-3-17(4-2-16)24-20(27)15-5-7-25(8-6-15)18-13-22-14-23-19(18)26-9-11-28-12-10-26/h1-4,13-15H,5-12H2,(H,24,27). The lowest BCUT2D eigenvalue weighted by molar-refractivity contribution is -0.120. The molecule has 0 radical (unpaired) electrons. The molecule has 1 amide bonds. The van der Waals surface area contributed by atoms with Crippen LogP contribution in [0.5, 0.6) is 0 Å². The molecule has 1 aromatic heterocycles. The number of nitrogens with one attached hydrogen (secondary N) is 1. The molecule has 2 aromatic rings. The zero-order chi connectivity index (χ0) is 19.3. The zero-order valence-corrected chi connectivity index (χ0v) is 16.4. The predicted octanol–water partition coefficient (Wildman–Crippen LogP) is 2.82. The number of nitrogens with zero attached hydrogens (tertiary/aromatic N) is 4. The van der Waals surface area contributed by atoms with Gasteiger partial charge in [0.25, 0.3) is 0 Å². The smallest absolute Gasteiger partial charge is 0.227 e. The maximum Gasteiger partial charge on any atom is 0.227 e. The molecule has 1 aromatic carbocycles. The molecule has 2 aliphatic heterocycles. The van der Waals surface area contributed by atoms with Gasteiger partial charge in [-0.15, -0.1) is 0 Å². The summed E-state index contributed by atoms with van der Waals surface area (Å²) in [6.45, 7) is 4.73. The van der Waals surface area contributed by atoms with Crippen LogP contribution in [0, 0.1) is 5.92 Å². The average molecular weight is 402 g/mol. The Labute approximate surface area is 169 Å². The molecule has 2 saturated heterocycles. The van der Waals surface area contributed by atoms with Crippen LogP contribution in [0.3, 0.4) is 0 Å². The number of halogens is 1. The van der Waals surface area contributed by atoms with Crippen LogP contribution >= 0.6 is 11.6 Å². The number of piperidine rings is 1. The molecule has 28 heavy (non-hydrogen) atoms. The third kappa shape index (κ3) is 4.36. The van der Waals surface area contributed by atoms with E-state index in [0.717, 1.165) is 69.4 Å². The maximum absolute atomic E-state index is 12.6. The van der Waals surface area contributed by atoms with Crippen molar-refractivity contribution in [3.8, 4) is 0 Å². The number of hydrogen-bond donors (Lipinski definition) is 1. The number of aromatic nitrogens is 2. The molecule has 1 N–H and O–H groups in total. The van der Waals surface area contributed by atoms with Gasteiger partial charge in [-0.3, -0.25) is 4.79 Å². The fourth-order valence-corrected chi connectivity index (χ4v) is 3.84. The lowest BCUT2D eigenvalue weighted by Crippen LogP contribution is -2.41. The quantitative estimate of drug-likeness (QED) is 0.849. The van der Waals surface area contributed by atoms with E-state index < -0.39 is 0 Å². The zero-order valence-electron chi connectivity index (χ0n) is 15.7. The minimum Gasteiger partial charge on any atom is -0.378 e. The van der Waals surface area contributed by atoms with E-state index >= 15 is 0 Å². The van der Waals surface area contributed by atoms with Crippen molar-refractivity contribution < 1.29 is 9.53 Å². The van der Waals surface area contributed by atoms with Crippen molar-refractivity contribution in [2.75, 3.05) is 54.5 Å². The van der Waals surface area contributed by atoms with Crippen LogP contribution in [0.25, 0.3) is 0 Å². The highest BCUT2D eigenvalue weighted by atomic mass is 35.5. The first-order valence-electron chi connectivity index (χ1n) is 9.65. The summed E-state index contributed by atoms with van der Waals surface area (Å²) in [7, 11) is 0. The topological polar surface area (TPSA) is 70.6 Å². The first kappa shape index (κ1) is 19.0. The molecular weight excluding hydrogens is 378 g/mol. The average Bonchev–Trinajstić information content (AvgIpc) is 2.76. The lowest BCUT2D eigenvalue weighted by atomic mass is 9.95. The molecule has 0 aliphatic carbocycles. The molecule has 2 aliphatic rings. The first-order chi connectivity index (χ1) is 13.7. The second-order valence-electron chi connectivity index (χ2n) is 7.09. The van der Waals surface area contributed by atoms with Gasteiger partial charge in [-0.2, -0.15) is 0 Å². The van der Waals surface area contributed by atoms with E-state index in [2.05, 4.69) is 25.1 Å². The van der Waals surface area contributed by atoms with Crippen LogP contribution in [0.2, 0.25) is 5.02 Å². The normalized spacial score (nSPS) is 18.2. The van der Waals surface area contributed by atoms with Gasteiger partial charge in [0.1, 0.15) is 6.33 Å². The molecule has 0 atom stereocenters. The van der Waals surface area contributed by atoms with Gasteiger partial charge in [0.05, 0.1) is 25.1 Å². The Hall–Kier alpha value is -2.38. The summed E-state index contributed by atoms with van der Waals surface area (Å²) in [6.07, 6.45) is 5.08. The molecule has 3 heterocycles. The number of anilines is 3. The molecular formula is C20H24ClN5O2. The van der Waals surface area contributed by atoms with Gasteiger partial charge >= 0.3 is 0 Å². The third-order valence-corrected chi connectivity index (χ3v) is 5.55. The summed E-state index contributed by atoms with van der Waals surface area (Å²) in [5.41, 5.74) is 1.82. The third-order valence-electron chi connectivity index (χ3n) is 5.30. The SMILES string of the molecule is O=C(Nc1ccc(Cl)cc1)C1CCN(c2cncnc2N2CCOCC2)CC1. The highest BCUT2D eigenvalue weighted by Crippen LogP contribution is 2.30. The second-order valence-corrected chi connectivity index (χ2v) is 7.52. The van der Waals surface area contributed by atoms with Crippen LogP contribution in [-0.4, -0.2) is 55.3 Å². The Morgan fingerprint density at radius 1 is 1.07 bits per heavy atom. The molecule has 8 heteroatoms. The van der Waals surface area contributed by atoms with Gasteiger partial charge in [-0.05, 0) is 37.1 Å². The number of benzene rings is 1. The summed E-state index contributed by atoms with van der Waals surface area (Å²) in [5, 5.41) is 3.65. The highest BCUT2D eigenvalue weighted by molar-refractivity contribution is 6.30. The van der Waals surface area contributed by atoms with E-state index in [1.54, 1.807) is 18.5 Å². The molecule has 7 nitrogen and oxygen atoms in total. The van der Waals surface area contributed by atoms with Gasteiger partial charge < -0.3 is 19.9 Å². The fraction of sp³-hybridized carbons (Fsp3) is 0.450. The monoisotopic (exact) mass is 401 g/mol.